The number of carbonyl (C=O) groups excluding carboxylic acids is 1. The zero-order valence-electron chi connectivity index (χ0n) is 20.4. The Kier molecular flexibility index (Phi) is 5.87. The molecule has 0 bridgehead atoms. The van der Waals surface area contributed by atoms with E-state index in [4.69, 9.17) is 0 Å². The van der Waals surface area contributed by atoms with Gasteiger partial charge in [0.05, 0.1) is 11.7 Å². The third-order valence-electron chi connectivity index (χ3n) is 10.4. The summed E-state index contributed by atoms with van der Waals surface area (Å²) in [5.74, 6) is 1.85. The van der Waals surface area contributed by atoms with Gasteiger partial charge >= 0.3 is 0 Å². The Labute approximate surface area is 189 Å². The van der Waals surface area contributed by atoms with Gasteiger partial charge in [-0.25, -0.2) is 0 Å². The highest BCUT2D eigenvalue weighted by molar-refractivity contribution is 5.94. The molecular weight excluding hydrogens is 384 g/mol. The van der Waals surface area contributed by atoms with Gasteiger partial charge in [0, 0.05) is 5.92 Å². The van der Waals surface area contributed by atoms with Crippen LogP contribution in [0.5, 0.6) is 0 Å². The molecule has 0 unspecified atom stereocenters. The number of hydrogen-bond acceptors (Lipinski definition) is 3. The van der Waals surface area contributed by atoms with Crippen LogP contribution in [0.25, 0.3) is 0 Å². The second-order valence-electron chi connectivity index (χ2n) is 12.5. The Hall–Kier alpha value is -0.930. The van der Waals surface area contributed by atoms with Crippen LogP contribution in [0.3, 0.4) is 0 Å². The van der Waals surface area contributed by atoms with Crippen LogP contribution in [-0.2, 0) is 4.79 Å². The molecule has 8 atom stereocenters. The van der Waals surface area contributed by atoms with Gasteiger partial charge in [-0.05, 0) is 105 Å². The van der Waals surface area contributed by atoms with E-state index in [0.717, 1.165) is 51.4 Å². The van der Waals surface area contributed by atoms with Gasteiger partial charge in [0.2, 0.25) is 0 Å². The highest BCUT2D eigenvalue weighted by Gasteiger charge is 2.63. The molecule has 3 nitrogen and oxygen atoms in total. The zero-order chi connectivity index (χ0) is 22.8. The number of hydrogen-bond donors (Lipinski definition) is 2. The first-order chi connectivity index (χ1) is 14.4. The standard InChI is InChI=1S/C28H44O3/c1-17(2)18(3)9-14-28(6,31)24-8-7-21-25-22(11-13-27(21,24)5)26(4)12-10-20(29)15-19(26)16-23(25)30/h16-17,20-22,24-25,29,31H,3,7-15H2,1-2,4-6H3/t20-,21-,22-,24-,25-,26-,27-,28-/m0/s1. The van der Waals surface area contributed by atoms with E-state index in [1.807, 2.05) is 13.0 Å². The van der Waals surface area contributed by atoms with Crippen molar-refractivity contribution in [3.8, 4) is 0 Å². The molecule has 0 spiro atoms. The molecule has 3 fully saturated rings. The smallest absolute Gasteiger partial charge is 0.159 e. The third-order valence-corrected chi connectivity index (χ3v) is 10.4. The molecule has 2 N–H and O–H groups in total. The average molecular weight is 429 g/mol. The number of ketones is 1. The molecule has 31 heavy (non-hydrogen) atoms. The van der Waals surface area contributed by atoms with Gasteiger partial charge < -0.3 is 10.2 Å². The summed E-state index contributed by atoms with van der Waals surface area (Å²) in [5.41, 5.74) is 1.79. The van der Waals surface area contributed by atoms with Crippen LogP contribution >= 0.6 is 0 Å². The number of carbonyl (C=O) groups is 1. The molecule has 0 aliphatic heterocycles. The van der Waals surface area contributed by atoms with Gasteiger partial charge in [-0.3, -0.25) is 4.79 Å². The first-order valence-electron chi connectivity index (χ1n) is 12.7. The molecule has 4 aliphatic rings. The molecule has 0 heterocycles. The lowest BCUT2D eigenvalue weighted by molar-refractivity contribution is -0.140. The zero-order valence-corrected chi connectivity index (χ0v) is 20.4. The van der Waals surface area contributed by atoms with E-state index < -0.39 is 5.60 Å². The van der Waals surface area contributed by atoms with Crippen LogP contribution < -0.4 is 0 Å². The maximum atomic E-state index is 13.4. The fourth-order valence-electron chi connectivity index (χ4n) is 8.28. The van der Waals surface area contributed by atoms with Crippen LogP contribution in [0, 0.1) is 40.4 Å². The molecule has 0 saturated heterocycles. The molecule has 0 aromatic carbocycles. The topological polar surface area (TPSA) is 57.5 Å². The Morgan fingerprint density at radius 3 is 2.58 bits per heavy atom. The van der Waals surface area contributed by atoms with E-state index >= 15 is 0 Å². The maximum Gasteiger partial charge on any atom is 0.159 e. The van der Waals surface area contributed by atoms with E-state index in [0.29, 0.717) is 30.0 Å². The predicted molar refractivity (Wildman–Crippen MR) is 125 cm³/mol. The fourth-order valence-corrected chi connectivity index (χ4v) is 8.28. The minimum Gasteiger partial charge on any atom is -0.393 e. The molecule has 174 valence electrons. The second kappa shape index (κ2) is 7.83. The predicted octanol–water partition coefficient (Wildman–Crippen LogP) is 5.85. The summed E-state index contributed by atoms with van der Waals surface area (Å²) in [6.07, 6.45) is 10.0. The van der Waals surface area contributed by atoms with E-state index in [-0.39, 0.29) is 28.8 Å². The van der Waals surface area contributed by atoms with Gasteiger partial charge in [-0.2, -0.15) is 0 Å². The van der Waals surface area contributed by atoms with E-state index in [2.05, 4.69) is 34.3 Å². The van der Waals surface area contributed by atoms with Crippen LogP contribution in [0.1, 0.15) is 92.4 Å². The van der Waals surface area contributed by atoms with Crippen molar-refractivity contribution in [1.82, 2.24) is 0 Å². The Balaban J connectivity index is 1.58. The lowest BCUT2D eigenvalue weighted by Crippen LogP contribution is -2.55. The normalized spacial score (nSPS) is 44.2. The molecule has 4 rings (SSSR count). The number of aliphatic hydroxyl groups is 2. The number of fused-ring (bicyclic) bond motifs is 5. The van der Waals surface area contributed by atoms with Crippen molar-refractivity contribution < 1.29 is 15.0 Å². The summed E-state index contributed by atoms with van der Waals surface area (Å²) in [5, 5.41) is 21.8. The monoisotopic (exact) mass is 428 g/mol. The maximum absolute atomic E-state index is 13.4. The Morgan fingerprint density at radius 2 is 1.90 bits per heavy atom. The summed E-state index contributed by atoms with van der Waals surface area (Å²) in [4.78, 5) is 13.4. The molecular formula is C28H44O3. The molecule has 4 aliphatic carbocycles. The largest absolute Gasteiger partial charge is 0.393 e. The minimum atomic E-state index is -0.717. The third kappa shape index (κ3) is 3.68. The fraction of sp³-hybridized carbons (Fsp3) is 0.821. The van der Waals surface area contributed by atoms with Crippen molar-refractivity contribution >= 4 is 5.78 Å². The molecule has 0 amide bonds. The summed E-state index contributed by atoms with van der Waals surface area (Å²) >= 11 is 0. The highest BCUT2D eigenvalue weighted by Crippen LogP contribution is 2.67. The van der Waals surface area contributed by atoms with Crippen LogP contribution in [0.2, 0.25) is 0 Å². The van der Waals surface area contributed by atoms with Crippen molar-refractivity contribution in [3.05, 3.63) is 23.8 Å². The van der Waals surface area contributed by atoms with Crippen molar-refractivity contribution in [1.29, 1.82) is 0 Å². The van der Waals surface area contributed by atoms with E-state index in [1.54, 1.807) is 0 Å². The lowest BCUT2D eigenvalue weighted by Gasteiger charge is -2.58. The first kappa shape index (κ1) is 23.2. The van der Waals surface area contributed by atoms with Crippen molar-refractivity contribution in [2.24, 2.45) is 40.4 Å². The summed E-state index contributed by atoms with van der Waals surface area (Å²) in [6.45, 7) is 15.3. The van der Waals surface area contributed by atoms with Gasteiger partial charge in [0.25, 0.3) is 0 Å². The van der Waals surface area contributed by atoms with Gasteiger partial charge in [-0.1, -0.05) is 45.4 Å². The van der Waals surface area contributed by atoms with Crippen molar-refractivity contribution in [3.63, 3.8) is 0 Å². The summed E-state index contributed by atoms with van der Waals surface area (Å²) in [7, 11) is 0. The van der Waals surface area contributed by atoms with E-state index in [1.165, 1.54) is 11.1 Å². The molecule has 0 radical (unpaired) electrons. The summed E-state index contributed by atoms with van der Waals surface area (Å²) < 4.78 is 0. The number of aliphatic hydroxyl groups excluding tert-OH is 1. The van der Waals surface area contributed by atoms with Crippen molar-refractivity contribution in [2.75, 3.05) is 0 Å². The Morgan fingerprint density at radius 1 is 1.19 bits per heavy atom. The number of allylic oxidation sites excluding steroid dienone is 2. The number of rotatable bonds is 5. The quantitative estimate of drug-likeness (QED) is 0.540. The SMILES string of the molecule is C=C(CC[C@](C)(O)[C@H]1CC[C@H]2[C@@H]3C(=O)C=C4C[C@@H](O)CC[C@]4(C)[C@H]3CC[C@@]21C)C(C)C. The molecule has 0 aromatic heterocycles. The second-order valence-corrected chi connectivity index (χ2v) is 12.5. The van der Waals surface area contributed by atoms with Gasteiger partial charge in [0.1, 0.15) is 0 Å². The highest BCUT2D eigenvalue weighted by atomic mass is 16.3. The van der Waals surface area contributed by atoms with Crippen LogP contribution in [-0.4, -0.2) is 27.7 Å². The van der Waals surface area contributed by atoms with Crippen LogP contribution in [0.15, 0.2) is 23.8 Å². The van der Waals surface area contributed by atoms with E-state index in [9.17, 15) is 15.0 Å². The lowest BCUT2D eigenvalue weighted by atomic mass is 9.46. The molecule has 3 heteroatoms. The van der Waals surface area contributed by atoms with Gasteiger partial charge in [-0.15, -0.1) is 0 Å². The minimum absolute atomic E-state index is 0.0232. The van der Waals surface area contributed by atoms with Gasteiger partial charge in [0.15, 0.2) is 5.78 Å². The molecule has 3 saturated carbocycles. The molecule has 0 aromatic rings. The average Bonchev–Trinajstić information content (AvgIpc) is 3.05. The Bertz CT molecular complexity index is 777. The first-order valence-corrected chi connectivity index (χ1v) is 12.7. The van der Waals surface area contributed by atoms with Crippen molar-refractivity contribution in [2.45, 2.75) is 104 Å². The summed E-state index contributed by atoms with van der Waals surface area (Å²) in [6, 6.07) is 0. The van der Waals surface area contributed by atoms with Crippen LogP contribution in [0.4, 0.5) is 0 Å².